The summed E-state index contributed by atoms with van der Waals surface area (Å²) in [5.41, 5.74) is 2.03. The Bertz CT molecular complexity index is 543. The van der Waals surface area contributed by atoms with Gasteiger partial charge in [0.25, 0.3) is 0 Å². The number of aromatic nitrogens is 1. The summed E-state index contributed by atoms with van der Waals surface area (Å²) in [5.74, 6) is 0.0304. The average Bonchev–Trinajstić information content (AvgIpc) is 2.43. The van der Waals surface area contributed by atoms with Gasteiger partial charge in [-0.1, -0.05) is 30.3 Å². The average molecular weight is 319 g/mol. The summed E-state index contributed by atoms with van der Waals surface area (Å²) in [6.07, 6.45) is 5.61. The molecular formula is C15H15BrN2O. The summed E-state index contributed by atoms with van der Waals surface area (Å²) in [4.78, 5) is 15.8. The lowest BCUT2D eigenvalue weighted by molar-refractivity contribution is -0.116. The number of pyridine rings is 1. The van der Waals surface area contributed by atoms with E-state index in [-0.39, 0.29) is 5.91 Å². The van der Waals surface area contributed by atoms with Crippen LogP contribution in [0.5, 0.6) is 0 Å². The van der Waals surface area contributed by atoms with Crippen molar-refractivity contribution in [2.75, 3.05) is 5.32 Å². The van der Waals surface area contributed by atoms with Crippen LogP contribution in [-0.2, 0) is 11.2 Å². The number of benzene rings is 1. The van der Waals surface area contributed by atoms with Gasteiger partial charge in [0.15, 0.2) is 0 Å². The van der Waals surface area contributed by atoms with Crippen molar-refractivity contribution >= 4 is 27.5 Å². The third-order valence-corrected chi connectivity index (χ3v) is 3.39. The predicted octanol–water partition coefficient (Wildman–Crippen LogP) is 3.81. The summed E-state index contributed by atoms with van der Waals surface area (Å²) < 4.78 is 0.798. The van der Waals surface area contributed by atoms with E-state index in [0.29, 0.717) is 6.42 Å². The fourth-order valence-corrected chi connectivity index (χ4v) is 2.14. The standard InChI is InChI=1S/C15H15BrN2O/c16-13-11-17-10-9-14(13)18-15(19)8-4-7-12-5-2-1-3-6-12/h1-3,5-6,9-11H,4,7-8H2,(H,17,18,19). The van der Waals surface area contributed by atoms with E-state index in [1.807, 2.05) is 18.2 Å². The highest BCUT2D eigenvalue weighted by atomic mass is 79.9. The van der Waals surface area contributed by atoms with Gasteiger partial charge in [-0.15, -0.1) is 0 Å². The molecule has 0 atom stereocenters. The van der Waals surface area contributed by atoms with Crippen LogP contribution in [0.3, 0.4) is 0 Å². The molecule has 0 bridgehead atoms. The van der Waals surface area contributed by atoms with E-state index in [1.54, 1.807) is 18.5 Å². The van der Waals surface area contributed by atoms with Crippen molar-refractivity contribution in [1.29, 1.82) is 0 Å². The van der Waals surface area contributed by atoms with Crippen LogP contribution >= 0.6 is 15.9 Å². The molecule has 0 aliphatic carbocycles. The van der Waals surface area contributed by atoms with Gasteiger partial charge in [0.05, 0.1) is 10.2 Å². The van der Waals surface area contributed by atoms with Gasteiger partial charge in [-0.05, 0) is 40.4 Å². The maximum Gasteiger partial charge on any atom is 0.224 e. The first-order valence-corrected chi connectivity index (χ1v) is 6.98. The number of amides is 1. The number of carbonyl (C=O) groups excluding carboxylic acids is 1. The number of carbonyl (C=O) groups is 1. The van der Waals surface area contributed by atoms with Crippen LogP contribution in [-0.4, -0.2) is 10.9 Å². The van der Waals surface area contributed by atoms with E-state index in [2.05, 4.69) is 38.4 Å². The molecule has 0 aliphatic heterocycles. The van der Waals surface area contributed by atoms with Crippen LogP contribution in [0.4, 0.5) is 5.69 Å². The van der Waals surface area contributed by atoms with Crippen molar-refractivity contribution in [3.05, 3.63) is 58.8 Å². The summed E-state index contributed by atoms with van der Waals surface area (Å²) in [6.45, 7) is 0. The molecule has 1 aromatic heterocycles. The van der Waals surface area contributed by atoms with Gasteiger partial charge >= 0.3 is 0 Å². The van der Waals surface area contributed by atoms with Crippen molar-refractivity contribution in [2.45, 2.75) is 19.3 Å². The van der Waals surface area contributed by atoms with Crippen LogP contribution in [0, 0.1) is 0 Å². The molecule has 0 fully saturated rings. The van der Waals surface area contributed by atoms with Crippen molar-refractivity contribution in [1.82, 2.24) is 4.98 Å². The summed E-state index contributed by atoms with van der Waals surface area (Å²) >= 11 is 3.35. The molecule has 3 nitrogen and oxygen atoms in total. The molecule has 19 heavy (non-hydrogen) atoms. The normalized spacial score (nSPS) is 10.2. The Morgan fingerprint density at radius 1 is 1.21 bits per heavy atom. The van der Waals surface area contributed by atoms with E-state index in [9.17, 15) is 4.79 Å². The number of halogens is 1. The number of hydrogen-bond donors (Lipinski definition) is 1. The van der Waals surface area contributed by atoms with Crippen LogP contribution in [0.1, 0.15) is 18.4 Å². The van der Waals surface area contributed by atoms with Gasteiger partial charge in [-0.25, -0.2) is 0 Å². The number of hydrogen-bond acceptors (Lipinski definition) is 2. The highest BCUT2D eigenvalue weighted by Gasteiger charge is 2.05. The molecule has 4 heteroatoms. The minimum Gasteiger partial charge on any atom is -0.325 e. The topological polar surface area (TPSA) is 42.0 Å². The lowest BCUT2D eigenvalue weighted by Gasteiger charge is -2.06. The zero-order chi connectivity index (χ0) is 13.5. The summed E-state index contributed by atoms with van der Waals surface area (Å²) in [5, 5.41) is 2.87. The number of nitrogens with one attached hydrogen (secondary N) is 1. The number of aryl methyl sites for hydroxylation is 1. The number of rotatable bonds is 5. The van der Waals surface area contributed by atoms with Crippen molar-refractivity contribution in [3.63, 3.8) is 0 Å². The lowest BCUT2D eigenvalue weighted by atomic mass is 10.1. The second-order valence-electron chi connectivity index (χ2n) is 4.24. The Labute approximate surface area is 121 Å². The Hall–Kier alpha value is -1.68. The largest absolute Gasteiger partial charge is 0.325 e. The molecule has 0 spiro atoms. The van der Waals surface area contributed by atoms with Gasteiger partial charge in [-0.3, -0.25) is 9.78 Å². The van der Waals surface area contributed by atoms with Crippen molar-refractivity contribution in [2.24, 2.45) is 0 Å². The predicted molar refractivity (Wildman–Crippen MR) is 79.9 cm³/mol. The Kier molecular flexibility index (Phi) is 5.10. The third kappa shape index (κ3) is 4.48. The van der Waals surface area contributed by atoms with E-state index >= 15 is 0 Å². The third-order valence-electron chi connectivity index (χ3n) is 2.76. The second kappa shape index (κ2) is 7.04. The van der Waals surface area contributed by atoms with E-state index in [1.165, 1.54) is 5.56 Å². The first-order valence-electron chi connectivity index (χ1n) is 6.19. The molecule has 1 aromatic carbocycles. The van der Waals surface area contributed by atoms with Crippen LogP contribution in [0.2, 0.25) is 0 Å². The fraction of sp³-hybridized carbons (Fsp3) is 0.200. The van der Waals surface area contributed by atoms with E-state index in [0.717, 1.165) is 23.0 Å². The SMILES string of the molecule is O=C(CCCc1ccccc1)Nc1ccncc1Br. The first kappa shape index (κ1) is 13.7. The molecule has 0 saturated heterocycles. The first-order chi connectivity index (χ1) is 9.25. The van der Waals surface area contributed by atoms with Crippen LogP contribution < -0.4 is 5.32 Å². The maximum atomic E-state index is 11.8. The minimum atomic E-state index is 0.0304. The quantitative estimate of drug-likeness (QED) is 0.911. The monoisotopic (exact) mass is 318 g/mol. The van der Waals surface area contributed by atoms with Gasteiger partial charge in [0.1, 0.15) is 0 Å². The minimum absolute atomic E-state index is 0.0304. The summed E-state index contributed by atoms with van der Waals surface area (Å²) in [6, 6.07) is 12.0. The number of nitrogens with zero attached hydrogens (tertiary/aromatic N) is 1. The smallest absolute Gasteiger partial charge is 0.224 e. The van der Waals surface area contributed by atoms with Crippen LogP contribution in [0.15, 0.2) is 53.3 Å². The van der Waals surface area contributed by atoms with Crippen molar-refractivity contribution in [3.8, 4) is 0 Å². The Balaban J connectivity index is 1.78. The van der Waals surface area contributed by atoms with Gasteiger partial charge in [0, 0.05) is 18.8 Å². The van der Waals surface area contributed by atoms with Crippen molar-refractivity contribution < 1.29 is 4.79 Å². The summed E-state index contributed by atoms with van der Waals surface area (Å²) in [7, 11) is 0. The number of anilines is 1. The second-order valence-corrected chi connectivity index (χ2v) is 5.10. The Morgan fingerprint density at radius 2 is 2.00 bits per heavy atom. The van der Waals surface area contributed by atoms with Gasteiger partial charge in [0.2, 0.25) is 5.91 Å². The van der Waals surface area contributed by atoms with E-state index in [4.69, 9.17) is 0 Å². The van der Waals surface area contributed by atoms with E-state index < -0.39 is 0 Å². The maximum absolute atomic E-state index is 11.8. The molecular weight excluding hydrogens is 304 g/mol. The molecule has 0 radical (unpaired) electrons. The molecule has 0 saturated carbocycles. The molecule has 1 heterocycles. The molecule has 0 unspecified atom stereocenters. The molecule has 0 aliphatic rings. The molecule has 1 N–H and O–H groups in total. The highest BCUT2D eigenvalue weighted by Crippen LogP contribution is 2.20. The lowest BCUT2D eigenvalue weighted by Crippen LogP contribution is -2.12. The Morgan fingerprint density at radius 3 is 2.74 bits per heavy atom. The molecule has 98 valence electrons. The van der Waals surface area contributed by atoms with Gasteiger partial charge in [-0.2, -0.15) is 0 Å². The molecule has 1 amide bonds. The van der Waals surface area contributed by atoms with Crippen LogP contribution in [0.25, 0.3) is 0 Å². The van der Waals surface area contributed by atoms with Gasteiger partial charge < -0.3 is 5.32 Å². The zero-order valence-electron chi connectivity index (χ0n) is 10.5. The fourth-order valence-electron chi connectivity index (χ4n) is 1.79. The molecule has 2 rings (SSSR count). The highest BCUT2D eigenvalue weighted by molar-refractivity contribution is 9.10. The molecule has 2 aromatic rings. The zero-order valence-corrected chi connectivity index (χ0v) is 12.1.